The monoisotopic (exact) mass is 466 g/mol. The van der Waals surface area contributed by atoms with E-state index >= 15 is 0 Å². The quantitative estimate of drug-likeness (QED) is 0.419. The van der Waals surface area contributed by atoms with Crippen LogP contribution < -0.4 is 10.5 Å². The minimum Gasteiger partial charge on any atom is -0.457 e. The van der Waals surface area contributed by atoms with E-state index in [0.717, 1.165) is 0 Å². The van der Waals surface area contributed by atoms with E-state index in [9.17, 15) is 13.2 Å². The van der Waals surface area contributed by atoms with Gasteiger partial charge in [-0.25, -0.2) is 8.42 Å². The molecule has 162 valence electrons. The Morgan fingerprint density at radius 3 is 2.44 bits per heavy atom. The topological polar surface area (TPSA) is 99.4 Å². The van der Waals surface area contributed by atoms with Gasteiger partial charge in [0.1, 0.15) is 11.5 Å². The molecule has 8 heteroatoms. The lowest BCUT2D eigenvalue weighted by atomic mass is 9.96. The Hall–Kier alpha value is -3.42. The number of rotatable bonds is 6. The van der Waals surface area contributed by atoms with E-state index in [2.05, 4.69) is 4.98 Å². The van der Waals surface area contributed by atoms with Gasteiger partial charge in [0.25, 0.3) is 5.91 Å². The molecule has 0 atom stereocenters. The second-order valence-corrected chi connectivity index (χ2v) is 9.74. The molecule has 32 heavy (non-hydrogen) atoms. The van der Waals surface area contributed by atoms with Crippen LogP contribution in [-0.2, 0) is 9.84 Å². The van der Waals surface area contributed by atoms with Crippen LogP contribution in [0.25, 0.3) is 22.0 Å². The summed E-state index contributed by atoms with van der Waals surface area (Å²) in [6, 6.07) is 18.8. The molecule has 0 saturated carbocycles. The summed E-state index contributed by atoms with van der Waals surface area (Å²) in [5.74, 6) is 0.239. The minimum absolute atomic E-state index is 0.000487. The SMILES string of the molecule is CCS(=O)(=O)c1cccc(Oc2cccc(-c3c(C(N)=O)cnc4c(Cl)cccc34)c2)c1. The number of hydrogen-bond donors (Lipinski definition) is 1. The molecule has 0 aliphatic heterocycles. The first-order valence-corrected chi connectivity index (χ1v) is 11.8. The van der Waals surface area contributed by atoms with Crippen LogP contribution >= 0.6 is 11.6 Å². The van der Waals surface area contributed by atoms with Crippen molar-refractivity contribution in [1.82, 2.24) is 4.98 Å². The van der Waals surface area contributed by atoms with Crippen LogP contribution in [0.2, 0.25) is 5.02 Å². The van der Waals surface area contributed by atoms with E-state index in [1.54, 1.807) is 49.4 Å². The first kappa shape index (κ1) is 21.8. The van der Waals surface area contributed by atoms with Gasteiger partial charge >= 0.3 is 0 Å². The number of pyridine rings is 1. The molecule has 0 bridgehead atoms. The number of primary amides is 1. The number of halogens is 1. The highest BCUT2D eigenvalue weighted by Gasteiger charge is 2.17. The standard InChI is InChI=1S/C24H19ClN2O4S/c1-2-32(29,30)18-9-4-8-17(13-18)31-16-7-3-6-15(12-16)22-19-10-5-11-21(25)23(19)27-14-20(22)24(26)28/h3-14H,2H2,1H3,(H2,26,28). The van der Waals surface area contributed by atoms with Crippen LogP contribution in [-0.4, -0.2) is 25.1 Å². The molecular weight excluding hydrogens is 448 g/mol. The Morgan fingerprint density at radius 2 is 1.72 bits per heavy atom. The maximum Gasteiger partial charge on any atom is 0.250 e. The highest BCUT2D eigenvalue weighted by atomic mass is 35.5. The molecule has 1 heterocycles. The van der Waals surface area contributed by atoms with Crippen molar-refractivity contribution >= 4 is 38.2 Å². The number of aromatic nitrogens is 1. The fraction of sp³-hybridized carbons (Fsp3) is 0.0833. The Labute approximate surface area is 190 Å². The van der Waals surface area contributed by atoms with E-state index in [1.165, 1.54) is 18.3 Å². The van der Waals surface area contributed by atoms with E-state index < -0.39 is 15.7 Å². The first-order valence-electron chi connectivity index (χ1n) is 9.78. The zero-order valence-electron chi connectivity index (χ0n) is 17.1. The maximum atomic E-state index is 12.2. The second kappa shape index (κ2) is 8.61. The van der Waals surface area contributed by atoms with Gasteiger partial charge in [-0.15, -0.1) is 0 Å². The summed E-state index contributed by atoms with van der Waals surface area (Å²) in [4.78, 5) is 16.6. The van der Waals surface area contributed by atoms with Crippen molar-refractivity contribution in [2.75, 3.05) is 5.75 Å². The van der Waals surface area contributed by atoms with E-state index in [0.29, 0.717) is 38.6 Å². The third kappa shape index (κ3) is 4.17. The minimum atomic E-state index is -3.36. The molecule has 3 aromatic carbocycles. The Kier molecular flexibility index (Phi) is 5.86. The molecule has 0 saturated heterocycles. The molecule has 6 nitrogen and oxygen atoms in total. The largest absolute Gasteiger partial charge is 0.457 e. The van der Waals surface area contributed by atoms with Crippen LogP contribution in [0.5, 0.6) is 11.5 Å². The number of amides is 1. The molecule has 2 N–H and O–H groups in total. The van der Waals surface area contributed by atoms with Gasteiger partial charge in [0.05, 0.1) is 26.8 Å². The Bertz CT molecular complexity index is 1450. The van der Waals surface area contributed by atoms with Crippen molar-refractivity contribution in [1.29, 1.82) is 0 Å². The normalized spacial score (nSPS) is 11.4. The molecule has 1 amide bonds. The molecule has 4 rings (SSSR count). The summed E-state index contributed by atoms with van der Waals surface area (Å²) in [7, 11) is -3.36. The highest BCUT2D eigenvalue weighted by Crippen LogP contribution is 2.36. The van der Waals surface area contributed by atoms with Gasteiger partial charge in [0.15, 0.2) is 9.84 Å². The average Bonchev–Trinajstić information content (AvgIpc) is 2.79. The predicted molar refractivity (Wildman–Crippen MR) is 125 cm³/mol. The lowest BCUT2D eigenvalue weighted by Gasteiger charge is -2.13. The van der Waals surface area contributed by atoms with Crippen LogP contribution in [0.4, 0.5) is 0 Å². The number of hydrogen-bond acceptors (Lipinski definition) is 5. The lowest BCUT2D eigenvalue weighted by Crippen LogP contribution is -2.13. The molecule has 0 fully saturated rings. The van der Waals surface area contributed by atoms with Crippen molar-refractivity contribution in [2.45, 2.75) is 11.8 Å². The number of nitrogens with zero attached hydrogens (tertiary/aromatic N) is 1. The third-order valence-corrected chi connectivity index (χ3v) is 7.05. The van der Waals surface area contributed by atoms with Crippen LogP contribution in [0.3, 0.4) is 0 Å². The Balaban J connectivity index is 1.81. The van der Waals surface area contributed by atoms with E-state index in [-0.39, 0.29) is 16.2 Å². The van der Waals surface area contributed by atoms with Gasteiger partial charge in [0, 0.05) is 17.1 Å². The van der Waals surface area contributed by atoms with Crippen molar-refractivity contribution in [3.05, 3.63) is 83.5 Å². The number of benzene rings is 3. The fourth-order valence-corrected chi connectivity index (χ4v) is 4.57. The third-order valence-electron chi connectivity index (χ3n) is 5.02. The molecule has 0 unspecified atom stereocenters. The van der Waals surface area contributed by atoms with Gasteiger partial charge < -0.3 is 10.5 Å². The molecule has 0 radical (unpaired) electrons. The average molecular weight is 467 g/mol. The molecule has 1 aromatic heterocycles. The first-order chi connectivity index (χ1) is 15.3. The smallest absolute Gasteiger partial charge is 0.250 e. The number of ether oxygens (including phenoxy) is 1. The number of fused-ring (bicyclic) bond motifs is 1. The van der Waals surface area contributed by atoms with Crippen molar-refractivity contribution in [3.8, 4) is 22.6 Å². The highest BCUT2D eigenvalue weighted by molar-refractivity contribution is 7.91. The zero-order valence-corrected chi connectivity index (χ0v) is 18.7. The number of sulfone groups is 1. The number of carbonyl (C=O) groups excluding carboxylic acids is 1. The molecule has 0 aliphatic carbocycles. The van der Waals surface area contributed by atoms with Crippen molar-refractivity contribution in [3.63, 3.8) is 0 Å². The zero-order chi connectivity index (χ0) is 22.9. The summed E-state index contributed by atoms with van der Waals surface area (Å²) in [5, 5.41) is 1.14. The van der Waals surface area contributed by atoms with Crippen LogP contribution in [0, 0.1) is 0 Å². The number of carbonyl (C=O) groups is 1. The summed E-state index contributed by atoms with van der Waals surface area (Å²) in [5.41, 5.74) is 7.70. The molecule has 0 spiro atoms. The number of nitrogens with two attached hydrogens (primary N) is 1. The Morgan fingerprint density at radius 1 is 1.03 bits per heavy atom. The summed E-state index contributed by atoms with van der Waals surface area (Å²) >= 11 is 6.30. The predicted octanol–water partition coefficient (Wildman–Crippen LogP) is 5.24. The molecule has 0 aliphatic rings. The number of para-hydroxylation sites is 1. The summed E-state index contributed by atoms with van der Waals surface area (Å²) in [6.07, 6.45) is 1.42. The van der Waals surface area contributed by atoms with Gasteiger partial charge in [-0.05, 0) is 42.0 Å². The van der Waals surface area contributed by atoms with E-state index in [1.807, 2.05) is 12.1 Å². The van der Waals surface area contributed by atoms with Crippen molar-refractivity contribution < 1.29 is 17.9 Å². The van der Waals surface area contributed by atoms with Gasteiger partial charge in [-0.3, -0.25) is 9.78 Å². The lowest BCUT2D eigenvalue weighted by molar-refractivity contribution is 0.100. The molecule has 4 aromatic rings. The van der Waals surface area contributed by atoms with Crippen LogP contribution in [0.1, 0.15) is 17.3 Å². The second-order valence-electron chi connectivity index (χ2n) is 7.06. The van der Waals surface area contributed by atoms with Crippen molar-refractivity contribution in [2.24, 2.45) is 5.73 Å². The fourth-order valence-electron chi connectivity index (χ4n) is 3.43. The van der Waals surface area contributed by atoms with Gasteiger partial charge in [-0.1, -0.05) is 48.9 Å². The molecular formula is C24H19ClN2O4S. The van der Waals surface area contributed by atoms with Gasteiger partial charge in [0.2, 0.25) is 0 Å². The van der Waals surface area contributed by atoms with E-state index in [4.69, 9.17) is 22.1 Å². The van der Waals surface area contributed by atoms with Crippen LogP contribution in [0.15, 0.2) is 77.8 Å². The van der Waals surface area contributed by atoms with Gasteiger partial charge in [-0.2, -0.15) is 0 Å². The maximum absolute atomic E-state index is 12.2. The summed E-state index contributed by atoms with van der Waals surface area (Å²) in [6.45, 7) is 1.59. The summed E-state index contributed by atoms with van der Waals surface area (Å²) < 4.78 is 30.3.